The summed E-state index contributed by atoms with van der Waals surface area (Å²) in [6, 6.07) is 7.87. The molecule has 5 nitrogen and oxygen atoms in total. The Balaban J connectivity index is 1.77. The fraction of sp³-hybridized carbons (Fsp3) is 0.333. The molecule has 2 N–H and O–H groups in total. The average Bonchev–Trinajstić information content (AvgIpc) is 2.91. The van der Waals surface area contributed by atoms with E-state index in [1.807, 2.05) is 18.2 Å². The fourth-order valence-corrected chi connectivity index (χ4v) is 2.67. The summed E-state index contributed by atoms with van der Waals surface area (Å²) >= 11 is 6.24. The average molecular weight is 305 g/mol. The van der Waals surface area contributed by atoms with Crippen molar-refractivity contribution >= 4 is 23.2 Å². The number of hydrogen-bond acceptors (Lipinski definition) is 5. The van der Waals surface area contributed by atoms with E-state index in [9.17, 15) is 5.11 Å². The number of halogens is 1. The lowest BCUT2D eigenvalue weighted by Crippen LogP contribution is -2.18. The second-order valence-corrected chi connectivity index (χ2v) is 5.63. The van der Waals surface area contributed by atoms with Crippen LogP contribution in [0.3, 0.4) is 0 Å². The van der Waals surface area contributed by atoms with E-state index in [2.05, 4.69) is 26.3 Å². The summed E-state index contributed by atoms with van der Waals surface area (Å²) in [7, 11) is 0. The van der Waals surface area contributed by atoms with E-state index in [0.717, 1.165) is 29.5 Å². The van der Waals surface area contributed by atoms with Gasteiger partial charge in [0.05, 0.1) is 6.10 Å². The fourth-order valence-electron chi connectivity index (χ4n) is 2.41. The lowest BCUT2D eigenvalue weighted by atomic mass is 10.1. The van der Waals surface area contributed by atoms with Crippen molar-refractivity contribution in [3.05, 3.63) is 46.7 Å². The third-order valence-corrected chi connectivity index (χ3v) is 3.84. The summed E-state index contributed by atoms with van der Waals surface area (Å²) in [6.45, 7) is 3.74. The molecule has 2 aromatic rings. The molecule has 1 aliphatic rings. The Morgan fingerprint density at radius 3 is 3.00 bits per heavy atom. The van der Waals surface area contributed by atoms with Crippen LogP contribution in [0.25, 0.3) is 0 Å². The van der Waals surface area contributed by atoms with Crippen molar-refractivity contribution in [2.45, 2.75) is 26.1 Å². The van der Waals surface area contributed by atoms with E-state index in [0.29, 0.717) is 12.4 Å². The topological polar surface area (TPSA) is 61.3 Å². The molecule has 110 valence electrons. The Bertz CT molecular complexity index is 647. The quantitative estimate of drug-likeness (QED) is 0.908. The highest BCUT2D eigenvalue weighted by molar-refractivity contribution is 6.31. The molecule has 0 spiro atoms. The summed E-state index contributed by atoms with van der Waals surface area (Å²) in [5.41, 5.74) is 2.40. The van der Waals surface area contributed by atoms with Gasteiger partial charge in [-0.15, -0.1) is 0 Å². The molecule has 0 radical (unpaired) electrons. The van der Waals surface area contributed by atoms with Gasteiger partial charge >= 0.3 is 0 Å². The Hall–Kier alpha value is -1.85. The first-order valence-electron chi connectivity index (χ1n) is 6.88. The van der Waals surface area contributed by atoms with Gasteiger partial charge in [-0.25, -0.2) is 9.97 Å². The molecule has 0 amide bonds. The number of aliphatic hydroxyl groups excluding tert-OH is 1. The molecule has 21 heavy (non-hydrogen) atoms. The van der Waals surface area contributed by atoms with E-state index in [-0.39, 0.29) is 0 Å². The molecule has 2 heterocycles. The van der Waals surface area contributed by atoms with Crippen LogP contribution in [0.5, 0.6) is 0 Å². The first-order chi connectivity index (χ1) is 10.1. The van der Waals surface area contributed by atoms with Crippen LogP contribution in [-0.4, -0.2) is 27.7 Å². The largest absolute Gasteiger partial charge is 0.392 e. The third kappa shape index (κ3) is 3.09. The summed E-state index contributed by atoms with van der Waals surface area (Å²) in [5.74, 6) is 1.56. The van der Waals surface area contributed by atoms with Gasteiger partial charge in [0, 0.05) is 30.7 Å². The van der Waals surface area contributed by atoms with Gasteiger partial charge in [0.2, 0.25) is 0 Å². The highest BCUT2D eigenvalue weighted by Gasteiger charge is 2.22. The number of aliphatic hydroxyl groups is 1. The van der Waals surface area contributed by atoms with Gasteiger partial charge < -0.3 is 15.3 Å². The van der Waals surface area contributed by atoms with Gasteiger partial charge in [0.1, 0.15) is 18.0 Å². The van der Waals surface area contributed by atoms with E-state index in [1.54, 1.807) is 6.92 Å². The zero-order valence-corrected chi connectivity index (χ0v) is 12.5. The lowest BCUT2D eigenvalue weighted by molar-refractivity contribution is 0.208. The van der Waals surface area contributed by atoms with Crippen molar-refractivity contribution in [2.24, 2.45) is 0 Å². The molecule has 1 atom stereocenters. The molecule has 0 aliphatic carbocycles. The van der Waals surface area contributed by atoms with Crippen molar-refractivity contribution in [2.75, 3.05) is 16.8 Å². The van der Waals surface area contributed by atoms with E-state index >= 15 is 0 Å². The Morgan fingerprint density at radius 2 is 2.24 bits per heavy atom. The van der Waals surface area contributed by atoms with Gasteiger partial charge in [-0.1, -0.05) is 23.7 Å². The van der Waals surface area contributed by atoms with Crippen molar-refractivity contribution in [3.8, 4) is 0 Å². The summed E-state index contributed by atoms with van der Waals surface area (Å²) in [6.07, 6.45) is 1.11. The standard InChI is InChI=1S/C15H17ClN4O/c1-10(21)6-17-14-5-15(19-9-18-14)20-7-11-3-2-4-13(16)12(11)8-20/h2-5,9-10,21H,6-8H2,1H3,(H,17,18,19)/t10-/m0/s1. The minimum Gasteiger partial charge on any atom is -0.392 e. The molecule has 0 saturated heterocycles. The van der Waals surface area contributed by atoms with Crippen molar-refractivity contribution < 1.29 is 5.11 Å². The second-order valence-electron chi connectivity index (χ2n) is 5.22. The molecule has 0 unspecified atom stereocenters. The summed E-state index contributed by atoms with van der Waals surface area (Å²) in [5, 5.41) is 13.2. The number of hydrogen-bond donors (Lipinski definition) is 2. The number of nitrogens with zero attached hydrogens (tertiary/aromatic N) is 3. The van der Waals surface area contributed by atoms with Gasteiger partial charge in [-0.05, 0) is 24.1 Å². The normalized spacial score (nSPS) is 14.9. The zero-order chi connectivity index (χ0) is 14.8. The summed E-state index contributed by atoms with van der Waals surface area (Å²) < 4.78 is 0. The van der Waals surface area contributed by atoms with Crippen molar-refractivity contribution in [1.29, 1.82) is 0 Å². The number of fused-ring (bicyclic) bond motifs is 1. The first-order valence-corrected chi connectivity index (χ1v) is 7.26. The van der Waals surface area contributed by atoms with Crippen LogP contribution in [0.4, 0.5) is 11.6 Å². The summed E-state index contributed by atoms with van der Waals surface area (Å²) in [4.78, 5) is 10.7. The minimum absolute atomic E-state index is 0.418. The van der Waals surface area contributed by atoms with Crippen LogP contribution in [0.15, 0.2) is 30.6 Å². The molecular formula is C15H17ClN4O. The molecule has 0 bridgehead atoms. The molecule has 1 aromatic heterocycles. The number of benzene rings is 1. The Morgan fingerprint density at radius 1 is 1.38 bits per heavy atom. The maximum absolute atomic E-state index is 9.31. The van der Waals surface area contributed by atoms with Gasteiger partial charge in [0.25, 0.3) is 0 Å². The molecule has 1 aromatic carbocycles. The van der Waals surface area contributed by atoms with Crippen LogP contribution in [0.2, 0.25) is 5.02 Å². The van der Waals surface area contributed by atoms with Crippen LogP contribution in [-0.2, 0) is 13.1 Å². The number of nitrogens with one attached hydrogen (secondary N) is 1. The Labute approximate surface area is 128 Å². The maximum Gasteiger partial charge on any atom is 0.134 e. The number of aromatic nitrogens is 2. The van der Waals surface area contributed by atoms with Crippen molar-refractivity contribution in [1.82, 2.24) is 9.97 Å². The van der Waals surface area contributed by atoms with Crippen LogP contribution in [0, 0.1) is 0 Å². The monoisotopic (exact) mass is 304 g/mol. The molecule has 3 rings (SSSR count). The van der Waals surface area contributed by atoms with E-state index < -0.39 is 6.10 Å². The lowest BCUT2D eigenvalue weighted by Gasteiger charge is -2.17. The maximum atomic E-state index is 9.31. The van der Waals surface area contributed by atoms with Gasteiger partial charge in [0.15, 0.2) is 0 Å². The van der Waals surface area contributed by atoms with E-state index in [1.165, 1.54) is 11.9 Å². The number of rotatable bonds is 4. The number of anilines is 2. The SMILES string of the molecule is C[C@H](O)CNc1cc(N2Cc3cccc(Cl)c3C2)ncn1. The molecule has 1 aliphatic heterocycles. The predicted molar refractivity (Wildman–Crippen MR) is 83.5 cm³/mol. The first kappa shape index (κ1) is 14.1. The van der Waals surface area contributed by atoms with Crippen LogP contribution in [0.1, 0.15) is 18.1 Å². The minimum atomic E-state index is -0.418. The highest BCUT2D eigenvalue weighted by Crippen LogP contribution is 2.31. The molecule has 0 fully saturated rings. The zero-order valence-electron chi connectivity index (χ0n) is 11.8. The molecular weight excluding hydrogens is 288 g/mol. The van der Waals surface area contributed by atoms with Crippen LogP contribution >= 0.6 is 11.6 Å². The van der Waals surface area contributed by atoms with E-state index in [4.69, 9.17) is 11.6 Å². The predicted octanol–water partition coefficient (Wildman–Crippen LogP) is 2.44. The molecule has 0 saturated carbocycles. The van der Waals surface area contributed by atoms with Crippen molar-refractivity contribution in [3.63, 3.8) is 0 Å². The van der Waals surface area contributed by atoms with Crippen LogP contribution < -0.4 is 10.2 Å². The molecule has 6 heteroatoms. The van der Waals surface area contributed by atoms with Gasteiger partial charge in [-0.2, -0.15) is 0 Å². The third-order valence-electron chi connectivity index (χ3n) is 3.48. The smallest absolute Gasteiger partial charge is 0.134 e. The second kappa shape index (κ2) is 5.87. The highest BCUT2D eigenvalue weighted by atomic mass is 35.5. The Kier molecular flexibility index (Phi) is 3.94. The van der Waals surface area contributed by atoms with Gasteiger partial charge in [-0.3, -0.25) is 0 Å².